The maximum absolute atomic E-state index is 14.6. The van der Waals surface area contributed by atoms with Crippen molar-refractivity contribution in [3.8, 4) is 63.9 Å². The SMILES string of the molecule is COc1cc2c(cc1OC)C(C#N)(Cc1ccc(OC)c(Oc3cc(OC)c(OC)cc3CC3(C#N)c4cc(OC)c(OC)cc4C=CN3C(=O)c3ccccc3)c1)N(C(=O)c1ccccc1)C=C2. The number of methoxy groups -OCH3 is 7. The number of hydrogen-bond donors (Lipinski definition) is 0. The molecule has 14 heteroatoms. The highest BCUT2D eigenvalue weighted by molar-refractivity contribution is 5.98. The Labute approximate surface area is 400 Å². The van der Waals surface area contributed by atoms with Crippen molar-refractivity contribution in [2.75, 3.05) is 49.8 Å². The fraction of sp³-hybridized carbons (Fsp3) is 0.200. The van der Waals surface area contributed by atoms with Crippen LogP contribution in [-0.4, -0.2) is 71.4 Å². The summed E-state index contributed by atoms with van der Waals surface area (Å²) in [6.07, 6.45) is 6.59. The van der Waals surface area contributed by atoms with Gasteiger partial charge in [-0.25, -0.2) is 0 Å². The van der Waals surface area contributed by atoms with Crippen molar-refractivity contribution in [3.63, 3.8) is 0 Å². The van der Waals surface area contributed by atoms with E-state index in [0.29, 0.717) is 84.8 Å². The summed E-state index contributed by atoms with van der Waals surface area (Å²) < 4.78 is 47.0. The Hall–Kier alpha value is -8.88. The van der Waals surface area contributed by atoms with Crippen LogP contribution >= 0.6 is 0 Å². The smallest absolute Gasteiger partial charge is 0.259 e. The molecule has 2 aliphatic rings. The molecular weight excluding hydrogens is 877 g/mol. The van der Waals surface area contributed by atoms with Gasteiger partial charge in [-0.05, 0) is 95.6 Å². The first kappa shape index (κ1) is 46.6. The Bertz CT molecular complexity index is 3090. The van der Waals surface area contributed by atoms with Crippen LogP contribution in [0.4, 0.5) is 0 Å². The molecule has 0 radical (unpaired) electrons. The number of carbonyl (C=O) groups excluding carboxylic acids is 2. The Kier molecular flexibility index (Phi) is 13.2. The molecule has 0 N–H and O–H groups in total. The van der Waals surface area contributed by atoms with Crippen LogP contribution in [0.1, 0.15) is 54.1 Å². The Morgan fingerprint density at radius 1 is 0.464 bits per heavy atom. The summed E-state index contributed by atoms with van der Waals surface area (Å²) >= 11 is 0. The van der Waals surface area contributed by atoms with Crippen LogP contribution in [0.2, 0.25) is 0 Å². The van der Waals surface area contributed by atoms with Crippen molar-refractivity contribution in [1.82, 2.24) is 9.80 Å². The molecule has 2 amide bonds. The van der Waals surface area contributed by atoms with Crippen molar-refractivity contribution in [2.45, 2.75) is 23.9 Å². The molecule has 0 spiro atoms. The molecule has 2 aliphatic heterocycles. The van der Waals surface area contributed by atoms with Crippen LogP contribution < -0.4 is 37.9 Å². The first-order valence-electron chi connectivity index (χ1n) is 21.6. The predicted octanol–water partition coefficient (Wildman–Crippen LogP) is 9.72. The van der Waals surface area contributed by atoms with Gasteiger partial charge in [0.25, 0.3) is 11.8 Å². The number of rotatable bonds is 15. The van der Waals surface area contributed by atoms with E-state index < -0.39 is 22.9 Å². The summed E-state index contributed by atoms with van der Waals surface area (Å²) in [4.78, 5) is 31.9. The average Bonchev–Trinajstić information content (AvgIpc) is 3.40. The normalized spacial score (nSPS) is 16.5. The lowest BCUT2D eigenvalue weighted by molar-refractivity contribution is 0.0688. The first-order chi connectivity index (χ1) is 33.5. The van der Waals surface area contributed by atoms with E-state index in [2.05, 4.69) is 12.1 Å². The van der Waals surface area contributed by atoms with Crippen molar-refractivity contribution >= 4 is 24.0 Å². The average molecular weight is 925 g/mol. The van der Waals surface area contributed by atoms with Gasteiger partial charge in [-0.15, -0.1) is 0 Å². The van der Waals surface area contributed by atoms with Crippen LogP contribution in [0, 0.1) is 22.7 Å². The summed E-state index contributed by atoms with van der Waals surface area (Å²) in [6.45, 7) is 0. The molecule has 69 heavy (non-hydrogen) atoms. The number of fused-ring (bicyclic) bond motifs is 2. The van der Waals surface area contributed by atoms with Crippen molar-refractivity contribution in [3.05, 3.63) is 172 Å². The highest BCUT2D eigenvalue weighted by Crippen LogP contribution is 2.49. The van der Waals surface area contributed by atoms with E-state index in [9.17, 15) is 20.1 Å². The van der Waals surface area contributed by atoms with Crippen LogP contribution in [0.15, 0.2) is 128 Å². The second-order valence-corrected chi connectivity index (χ2v) is 16.0. The summed E-state index contributed by atoms with van der Waals surface area (Å²) in [5.41, 5.74) is 0.751. The lowest BCUT2D eigenvalue weighted by Gasteiger charge is -2.41. The van der Waals surface area contributed by atoms with Gasteiger partial charge in [0.2, 0.25) is 0 Å². The van der Waals surface area contributed by atoms with Crippen molar-refractivity contribution < 1.29 is 47.5 Å². The molecule has 14 nitrogen and oxygen atoms in total. The van der Waals surface area contributed by atoms with Gasteiger partial charge in [-0.1, -0.05) is 42.5 Å². The highest BCUT2D eigenvalue weighted by Gasteiger charge is 2.47. The number of amides is 2. The molecule has 6 aromatic carbocycles. The molecule has 0 fully saturated rings. The monoisotopic (exact) mass is 924 g/mol. The van der Waals surface area contributed by atoms with Gasteiger partial charge in [0.15, 0.2) is 57.1 Å². The maximum atomic E-state index is 14.6. The van der Waals surface area contributed by atoms with Gasteiger partial charge in [-0.3, -0.25) is 19.4 Å². The third-order valence-electron chi connectivity index (χ3n) is 12.4. The Balaban J connectivity index is 1.27. The molecule has 8 rings (SSSR count). The molecule has 0 aromatic heterocycles. The molecule has 348 valence electrons. The molecule has 2 atom stereocenters. The first-order valence-corrected chi connectivity index (χ1v) is 21.6. The second kappa shape index (κ2) is 19.5. The maximum Gasteiger partial charge on any atom is 0.259 e. The molecule has 2 heterocycles. The third-order valence-corrected chi connectivity index (χ3v) is 12.4. The molecule has 6 aromatic rings. The van der Waals surface area contributed by atoms with E-state index in [0.717, 1.165) is 0 Å². The van der Waals surface area contributed by atoms with Crippen LogP contribution in [-0.2, 0) is 23.9 Å². The summed E-state index contributed by atoms with van der Waals surface area (Å²) in [7, 11) is 10.6. The number of nitriles is 2. The number of hydrogen-bond acceptors (Lipinski definition) is 12. The van der Waals surface area contributed by atoms with E-state index in [1.807, 2.05) is 12.1 Å². The largest absolute Gasteiger partial charge is 0.493 e. The van der Waals surface area contributed by atoms with Crippen molar-refractivity contribution in [1.29, 1.82) is 10.5 Å². The lowest BCUT2D eigenvalue weighted by atomic mass is 9.78. The van der Waals surface area contributed by atoms with Crippen molar-refractivity contribution in [2.24, 2.45) is 0 Å². The number of carbonyl (C=O) groups is 2. The summed E-state index contributed by atoms with van der Waals surface area (Å²) in [5, 5.41) is 23.0. The lowest BCUT2D eigenvalue weighted by Crippen LogP contribution is -2.49. The standard InChI is InChI=1S/C55H48N4O10/c1-62-43-19-18-35(31-54(33-56)41-28-48(66-5)45(63-2)25-38(41)20-22-58(54)52(60)36-14-10-8-11-15-36)24-51(43)69-44-30-50(68-7)47(65-4)27-40(44)32-55(34-57)42-29-49(67-6)46(64-3)26-39(42)21-23-59(55)53(61)37-16-12-9-13-17-37/h8-30H,31-32H2,1-7H3. The Morgan fingerprint density at radius 3 is 1.33 bits per heavy atom. The Morgan fingerprint density at radius 2 is 0.884 bits per heavy atom. The molecule has 2 unspecified atom stereocenters. The van der Waals surface area contributed by atoms with E-state index in [1.54, 1.807) is 128 Å². The molecule has 0 bridgehead atoms. The minimum absolute atomic E-state index is 0.0173. The third kappa shape index (κ3) is 8.34. The predicted molar refractivity (Wildman–Crippen MR) is 257 cm³/mol. The molecule has 0 saturated carbocycles. The quantitative estimate of drug-likeness (QED) is 0.0960. The molecule has 0 saturated heterocycles. The zero-order valence-electron chi connectivity index (χ0n) is 39.1. The van der Waals surface area contributed by atoms with E-state index >= 15 is 0 Å². The zero-order valence-corrected chi connectivity index (χ0v) is 39.1. The number of nitrogens with zero attached hydrogens (tertiary/aromatic N) is 4. The van der Waals surface area contributed by atoms with Crippen LogP contribution in [0.5, 0.6) is 51.7 Å². The fourth-order valence-corrected chi connectivity index (χ4v) is 8.93. The van der Waals surface area contributed by atoms with Gasteiger partial charge in [0.1, 0.15) is 5.75 Å². The fourth-order valence-electron chi connectivity index (χ4n) is 8.93. The number of benzene rings is 6. The minimum atomic E-state index is -1.71. The van der Waals surface area contributed by atoms with Gasteiger partial charge in [-0.2, -0.15) is 10.5 Å². The minimum Gasteiger partial charge on any atom is -0.493 e. The summed E-state index contributed by atoms with van der Waals surface area (Å²) in [6, 6.07) is 38.1. The topological polar surface area (TPSA) is 162 Å². The number of ether oxygens (including phenoxy) is 8. The van der Waals surface area contributed by atoms with E-state index in [-0.39, 0.29) is 24.3 Å². The van der Waals surface area contributed by atoms with E-state index in [4.69, 9.17) is 37.9 Å². The van der Waals surface area contributed by atoms with E-state index in [1.165, 1.54) is 59.6 Å². The zero-order chi connectivity index (χ0) is 48.9. The molecular formula is C55H48N4O10. The van der Waals surface area contributed by atoms with Gasteiger partial charge >= 0.3 is 0 Å². The molecule has 0 aliphatic carbocycles. The van der Waals surface area contributed by atoms with Crippen LogP contribution in [0.25, 0.3) is 12.2 Å². The van der Waals surface area contributed by atoms with Gasteiger partial charge in [0.05, 0.1) is 61.9 Å². The van der Waals surface area contributed by atoms with Gasteiger partial charge < -0.3 is 37.9 Å². The van der Waals surface area contributed by atoms with Crippen LogP contribution in [0.3, 0.4) is 0 Å². The summed E-state index contributed by atoms with van der Waals surface area (Å²) in [5.74, 6) is 2.27. The highest BCUT2D eigenvalue weighted by atomic mass is 16.5. The van der Waals surface area contributed by atoms with Gasteiger partial charge in [0, 0.05) is 59.1 Å². The second-order valence-electron chi connectivity index (χ2n) is 16.0.